The van der Waals surface area contributed by atoms with Crippen molar-refractivity contribution in [3.63, 3.8) is 0 Å². The lowest BCUT2D eigenvalue weighted by atomic mass is 9.94. The van der Waals surface area contributed by atoms with E-state index in [9.17, 15) is 9.90 Å². The zero-order chi connectivity index (χ0) is 32.5. The Balaban J connectivity index is 1.32. The van der Waals surface area contributed by atoms with Crippen molar-refractivity contribution in [1.82, 2.24) is 19.8 Å². The third-order valence-corrected chi connectivity index (χ3v) is 9.91. The predicted molar refractivity (Wildman–Crippen MR) is 178 cm³/mol. The number of rotatable bonds is 5. The maximum atomic E-state index is 16.9. The molecule has 46 heavy (non-hydrogen) atoms. The van der Waals surface area contributed by atoms with E-state index in [-0.39, 0.29) is 52.1 Å². The molecule has 1 N–H and O–H groups in total. The van der Waals surface area contributed by atoms with Crippen LogP contribution < -0.4 is 9.64 Å². The molecular formula is C34H36Cl2FN5O4. The van der Waals surface area contributed by atoms with Gasteiger partial charge in [-0.05, 0) is 88.8 Å². The summed E-state index contributed by atoms with van der Waals surface area (Å²) in [4.78, 5) is 28.4. The highest BCUT2D eigenvalue weighted by Crippen LogP contribution is 2.46. The number of likely N-dealkylation sites (tertiary alicyclic amines) is 2. The summed E-state index contributed by atoms with van der Waals surface area (Å²) in [5, 5.41) is 12.7. The monoisotopic (exact) mass is 667 g/mol. The van der Waals surface area contributed by atoms with E-state index in [1.807, 2.05) is 20.8 Å². The van der Waals surface area contributed by atoms with E-state index in [1.54, 1.807) is 35.2 Å². The molecule has 1 amide bonds. The maximum Gasteiger partial charge on any atom is 0.410 e. The fraction of sp³-hybridized carbons (Fsp3) is 0.441. The number of halogens is 3. The summed E-state index contributed by atoms with van der Waals surface area (Å²) in [6.45, 7) is 7.95. The summed E-state index contributed by atoms with van der Waals surface area (Å²) < 4.78 is 28.7. The first-order chi connectivity index (χ1) is 21.9. The van der Waals surface area contributed by atoms with Crippen molar-refractivity contribution < 1.29 is 23.8 Å². The number of likely N-dealkylation sites (N-methyl/N-ethyl adjacent to an activating group) is 1. The zero-order valence-corrected chi connectivity index (χ0v) is 27.7. The van der Waals surface area contributed by atoms with E-state index >= 15 is 4.39 Å². The number of fused-ring (bicyclic) bond motifs is 3. The first-order valence-electron chi connectivity index (χ1n) is 15.6. The number of hydrogen-bond acceptors (Lipinski definition) is 8. The largest absolute Gasteiger partial charge is 0.508 e. The van der Waals surface area contributed by atoms with Gasteiger partial charge in [-0.1, -0.05) is 35.3 Å². The highest BCUT2D eigenvalue weighted by Gasteiger charge is 2.51. The molecule has 0 aliphatic carbocycles. The summed E-state index contributed by atoms with van der Waals surface area (Å²) >= 11 is 13.5. The van der Waals surface area contributed by atoms with Gasteiger partial charge < -0.3 is 29.3 Å². The molecule has 3 fully saturated rings. The van der Waals surface area contributed by atoms with E-state index < -0.39 is 11.4 Å². The molecule has 9 nitrogen and oxygen atoms in total. The minimum atomic E-state index is -0.667. The van der Waals surface area contributed by atoms with Crippen molar-refractivity contribution >= 4 is 56.8 Å². The van der Waals surface area contributed by atoms with Crippen LogP contribution in [0.3, 0.4) is 0 Å². The number of amides is 1. The molecule has 4 aromatic rings. The van der Waals surface area contributed by atoms with Crippen molar-refractivity contribution in [2.45, 2.75) is 63.8 Å². The zero-order valence-electron chi connectivity index (χ0n) is 26.2. The molecule has 242 valence electrons. The van der Waals surface area contributed by atoms with Gasteiger partial charge in [0.2, 0.25) is 0 Å². The Morgan fingerprint density at radius 1 is 1.09 bits per heavy atom. The second-order valence-corrected chi connectivity index (χ2v) is 14.3. The Morgan fingerprint density at radius 2 is 1.89 bits per heavy atom. The van der Waals surface area contributed by atoms with E-state index in [1.165, 1.54) is 6.07 Å². The molecule has 12 heteroatoms. The third-order valence-electron chi connectivity index (χ3n) is 9.29. The predicted octanol–water partition coefficient (Wildman–Crippen LogP) is 7.27. The van der Waals surface area contributed by atoms with Gasteiger partial charge in [-0.15, -0.1) is 0 Å². The normalized spacial score (nSPS) is 21.6. The van der Waals surface area contributed by atoms with Gasteiger partial charge in [0.25, 0.3) is 0 Å². The number of carbonyl (C=O) groups is 1. The smallest absolute Gasteiger partial charge is 0.410 e. The molecule has 4 heterocycles. The second-order valence-electron chi connectivity index (χ2n) is 13.4. The Kier molecular flexibility index (Phi) is 7.81. The van der Waals surface area contributed by atoms with Crippen LogP contribution in [-0.4, -0.2) is 88.0 Å². The molecule has 3 aliphatic rings. The molecule has 1 aromatic heterocycles. The lowest BCUT2D eigenvalue weighted by molar-refractivity contribution is 0.0193. The van der Waals surface area contributed by atoms with Crippen LogP contribution in [0.5, 0.6) is 11.8 Å². The number of benzene rings is 3. The van der Waals surface area contributed by atoms with E-state index in [0.717, 1.165) is 19.4 Å². The molecule has 0 bridgehead atoms. The number of ether oxygens (including phenoxy) is 2. The Bertz CT molecular complexity index is 1870. The SMILES string of the molecule is CN1CCC[C@H]1COc1nc(N2C[C@@H]3[C@H]2CCN3C(=O)OC(C)(C)C)c2cc(Cl)c(-c3cc(O)cc4cccc(Cl)c34)c(F)c2n1. The van der Waals surface area contributed by atoms with Crippen LogP contribution in [0.25, 0.3) is 32.8 Å². The first kappa shape index (κ1) is 31.0. The lowest BCUT2D eigenvalue weighted by Crippen LogP contribution is -2.63. The molecule has 3 aromatic carbocycles. The van der Waals surface area contributed by atoms with Gasteiger partial charge in [0, 0.05) is 40.5 Å². The van der Waals surface area contributed by atoms with Crippen LogP contribution in [0.2, 0.25) is 10.0 Å². The summed E-state index contributed by atoms with van der Waals surface area (Å²) in [5.41, 5.74) is -0.119. The van der Waals surface area contributed by atoms with E-state index in [4.69, 9.17) is 37.7 Å². The fourth-order valence-electron chi connectivity index (χ4n) is 7.03. The van der Waals surface area contributed by atoms with Gasteiger partial charge in [-0.25, -0.2) is 9.18 Å². The van der Waals surface area contributed by atoms with Gasteiger partial charge in [-0.3, -0.25) is 0 Å². The number of aromatic hydroxyl groups is 1. The molecule has 0 radical (unpaired) electrons. The quantitative estimate of drug-likeness (QED) is 0.238. The van der Waals surface area contributed by atoms with Crippen molar-refractivity contribution in [1.29, 1.82) is 0 Å². The second kappa shape index (κ2) is 11.6. The minimum Gasteiger partial charge on any atom is -0.508 e. The number of anilines is 1. The van der Waals surface area contributed by atoms with Crippen LogP contribution in [0.4, 0.5) is 15.0 Å². The standard InChI is InChI=1S/C34H36Cl2FN5O4/c1-34(2,3)46-33(44)41-12-10-25-26(41)16-42(25)31-22-15-24(36)28(21-14-20(43)13-18-7-5-9-23(35)27(18)21)29(37)30(22)38-32(39-31)45-17-19-8-6-11-40(19)4/h5,7,9,13-15,19,25-26,43H,6,8,10-12,16-17H2,1-4H3/t19-,25+,26+/m0/s1. The fourth-order valence-corrected chi connectivity index (χ4v) is 7.60. The number of nitrogens with zero attached hydrogens (tertiary/aromatic N) is 5. The number of phenolic OH excluding ortho intramolecular Hbond substituents is 1. The van der Waals surface area contributed by atoms with Crippen LogP contribution in [0, 0.1) is 5.82 Å². The molecule has 3 saturated heterocycles. The van der Waals surface area contributed by atoms with Crippen LogP contribution >= 0.6 is 23.2 Å². The Labute approximate surface area is 276 Å². The highest BCUT2D eigenvalue weighted by atomic mass is 35.5. The first-order valence-corrected chi connectivity index (χ1v) is 16.4. The van der Waals surface area contributed by atoms with Gasteiger partial charge >= 0.3 is 12.1 Å². The van der Waals surface area contributed by atoms with Gasteiger partial charge in [0.05, 0.1) is 17.1 Å². The summed E-state index contributed by atoms with van der Waals surface area (Å²) in [6, 6.07) is 10.2. The van der Waals surface area contributed by atoms with Gasteiger partial charge in [-0.2, -0.15) is 9.97 Å². The third kappa shape index (κ3) is 5.44. The average molecular weight is 669 g/mol. The summed E-state index contributed by atoms with van der Waals surface area (Å²) in [5.74, 6) is -0.214. The average Bonchev–Trinajstić information content (AvgIpc) is 3.53. The van der Waals surface area contributed by atoms with Crippen molar-refractivity contribution in [2.24, 2.45) is 0 Å². The molecule has 3 aliphatic heterocycles. The highest BCUT2D eigenvalue weighted by molar-refractivity contribution is 6.38. The molecule has 0 saturated carbocycles. The van der Waals surface area contributed by atoms with Crippen LogP contribution in [0.15, 0.2) is 36.4 Å². The van der Waals surface area contributed by atoms with Crippen molar-refractivity contribution in [2.75, 3.05) is 38.2 Å². The Hall–Kier alpha value is -3.60. The number of carbonyl (C=O) groups excluding carboxylic acids is 1. The molecule has 7 rings (SSSR count). The Morgan fingerprint density at radius 3 is 2.63 bits per heavy atom. The number of hydrogen-bond donors (Lipinski definition) is 1. The van der Waals surface area contributed by atoms with Crippen LogP contribution in [0.1, 0.15) is 40.0 Å². The maximum absolute atomic E-state index is 16.9. The topological polar surface area (TPSA) is 91.3 Å². The summed E-state index contributed by atoms with van der Waals surface area (Å²) in [6.07, 6.45) is 2.44. The van der Waals surface area contributed by atoms with Crippen molar-refractivity contribution in [3.05, 3.63) is 52.3 Å². The molecule has 3 atom stereocenters. The minimum absolute atomic E-state index is 0.0326. The number of phenols is 1. The van der Waals surface area contributed by atoms with Crippen molar-refractivity contribution in [3.8, 4) is 22.9 Å². The van der Waals surface area contributed by atoms with E-state index in [0.29, 0.717) is 58.7 Å². The summed E-state index contributed by atoms with van der Waals surface area (Å²) in [7, 11) is 2.06. The molecular weight excluding hydrogens is 632 g/mol. The molecule has 0 unspecified atom stereocenters. The van der Waals surface area contributed by atoms with Gasteiger partial charge in [0.15, 0.2) is 5.82 Å². The van der Waals surface area contributed by atoms with E-state index in [2.05, 4.69) is 21.8 Å². The lowest BCUT2D eigenvalue weighted by Gasteiger charge is -2.47. The van der Waals surface area contributed by atoms with Gasteiger partial charge in [0.1, 0.15) is 29.3 Å². The number of aromatic nitrogens is 2. The van der Waals surface area contributed by atoms with Crippen LogP contribution in [-0.2, 0) is 4.74 Å². The molecule has 0 spiro atoms.